The van der Waals surface area contributed by atoms with Gasteiger partial charge < -0.3 is 9.47 Å². The van der Waals surface area contributed by atoms with Crippen LogP contribution in [0.1, 0.15) is 36.8 Å². The Morgan fingerprint density at radius 3 is 1.40 bits per heavy atom. The van der Waals surface area contributed by atoms with Crippen LogP contribution in [0.4, 0.5) is 0 Å². The highest BCUT2D eigenvalue weighted by molar-refractivity contribution is 5.92. The van der Waals surface area contributed by atoms with E-state index in [-0.39, 0.29) is 23.8 Å². The third kappa shape index (κ3) is 6.52. The minimum atomic E-state index is -0.311. The molecule has 6 nitrogen and oxygen atoms in total. The van der Waals surface area contributed by atoms with E-state index in [0.29, 0.717) is 13.2 Å². The quantitative estimate of drug-likeness (QED) is 0.245. The summed E-state index contributed by atoms with van der Waals surface area (Å²) in [4.78, 5) is 30.2. The number of nitrogens with zero attached hydrogens (tertiary/aromatic N) is 2. The summed E-state index contributed by atoms with van der Waals surface area (Å²) in [5, 5.41) is 4.46. The molecule has 0 aromatic heterocycles. The van der Waals surface area contributed by atoms with E-state index >= 15 is 0 Å². The topological polar surface area (TPSA) is 59.1 Å². The lowest BCUT2D eigenvalue weighted by molar-refractivity contribution is -0.146. The summed E-state index contributed by atoms with van der Waals surface area (Å²) in [6.07, 6.45) is 0. The third-order valence-electron chi connectivity index (χ3n) is 8.06. The maximum absolute atomic E-state index is 12.8. The average molecular weight is 539 g/mol. The van der Waals surface area contributed by atoms with Gasteiger partial charge in [-0.1, -0.05) is 84.9 Å². The maximum atomic E-state index is 12.8. The van der Waals surface area contributed by atoms with Crippen LogP contribution in [0.5, 0.6) is 0 Å². The summed E-state index contributed by atoms with van der Waals surface area (Å²) in [6, 6.07) is 28.4. The predicted molar refractivity (Wildman–Crippen MR) is 160 cm³/mol. The Labute approximate surface area is 236 Å². The molecule has 1 aliphatic heterocycles. The Bertz CT molecular complexity index is 1340. The molecule has 0 aliphatic carbocycles. The number of hydrogen-bond acceptors (Lipinski definition) is 6. The highest BCUT2D eigenvalue weighted by Crippen LogP contribution is 2.27. The van der Waals surface area contributed by atoms with E-state index in [2.05, 4.69) is 46.2 Å². The van der Waals surface area contributed by atoms with Gasteiger partial charge in [0.1, 0.15) is 13.2 Å². The molecule has 0 spiro atoms. The van der Waals surface area contributed by atoms with Gasteiger partial charge in [0.05, 0.1) is 11.8 Å². The van der Waals surface area contributed by atoms with Crippen LogP contribution in [0.3, 0.4) is 0 Å². The first-order valence-electron chi connectivity index (χ1n) is 14.2. The Morgan fingerprint density at radius 1 is 0.600 bits per heavy atom. The molecule has 0 saturated carbocycles. The summed E-state index contributed by atoms with van der Waals surface area (Å²) in [6.45, 7) is 9.64. The molecule has 4 aromatic carbocycles. The fourth-order valence-electron chi connectivity index (χ4n) is 5.55. The van der Waals surface area contributed by atoms with Crippen molar-refractivity contribution in [3.05, 3.63) is 96.1 Å². The summed E-state index contributed by atoms with van der Waals surface area (Å²) in [5.41, 5.74) is 2.01. The van der Waals surface area contributed by atoms with Crippen molar-refractivity contribution in [1.29, 1.82) is 0 Å². The predicted octanol–water partition coefficient (Wildman–Crippen LogP) is 5.60. The molecule has 208 valence electrons. The fourth-order valence-corrected chi connectivity index (χ4v) is 5.55. The summed E-state index contributed by atoms with van der Waals surface area (Å²) in [5.74, 6) is -0.993. The molecule has 1 saturated heterocycles. The summed E-state index contributed by atoms with van der Waals surface area (Å²) < 4.78 is 11.3. The maximum Gasteiger partial charge on any atom is 0.313 e. The van der Waals surface area contributed by atoms with Crippen molar-refractivity contribution in [3.63, 3.8) is 0 Å². The van der Waals surface area contributed by atoms with Gasteiger partial charge in [0, 0.05) is 39.3 Å². The molecular formula is C34H38N2O4. The molecule has 0 N–H and O–H groups in total. The number of carbonyl (C=O) groups excluding carboxylic acids is 2. The van der Waals surface area contributed by atoms with Crippen LogP contribution in [0, 0.1) is 0 Å². The molecule has 2 atom stereocenters. The summed E-state index contributed by atoms with van der Waals surface area (Å²) >= 11 is 0. The first-order chi connectivity index (χ1) is 19.5. The molecule has 1 heterocycles. The molecule has 6 heteroatoms. The van der Waals surface area contributed by atoms with Gasteiger partial charge in [-0.05, 0) is 46.5 Å². The molecule has 4 aromatic rings. The van der Waals surface area contributed by atoms with E-state index in [1.54, 1.807) is 0 Å². The smallest absolute Gasteiger partial charge is 0.313 e. The molecule has 40 heavy (non-hydrogen) atoms. The van der Waals surface area contributed by atoms with Crippen LogP contribution in [-0.2, 0) is 19.1 Å². The van der Waals surface area contributed by atoms with Crippen LogP contribution >= 0.6 is 0 Å². The molecule has 0 radical (unpaired) electrons. The molecule has 0 unspecified atom stereocenters. The van der Waals surface area contributed by atoms with Crippen molar-refractivity contribution < 1.29 is 19.1 Å². The van der Waals surface area contributed by atoms with Crippen molar-refractivity contribution in [1.82, 2.24) is 9.80 Å². The molecular weight excluding hydrogens is 500 g/mol. The lowest BCUT2D eigenvalue weighted by Gasteiger charge is -2.34. The fraction of sp³-hybridized carbons (Fsp3) is 0.353. The number of fused-ring (bicyclic) bond motifs is 2. The standard InChI is InChI=1S/C34H38N2O4/c1-25(29-15-7-11-27-9-3-5-13-31(27)29)33(37)39-23-21-35-17-19-36(20-18-35)22-24-40-34(38)26(2)30-16-8-12-28-10-4-6-14-32(28)30/h3-16,25-26H,17-24H2,1-2H3/t25-,26-/m0/s1. The van der Waals surface area contributed by atoms with Gasteiger partial charge in [-0.3, -0.25) is 19.4 Å². The SMILES string of the molecule is C[C@H](C(=O)OCCN1CCN(CCOC(=O)[C@@H](C)c2cccc3ccccc23)CC1)c1cccc2ccccc12. The van der Waals surface area contributed by atoms with Crippen LogP contribution in [-0.4, -0.2) is 74.2 Å². The third-order valence-corrected chi connectivity index (χ3v) is 8.06. The van der Waals surface area contributed by atoms with E-state index in [9.17, 15) is 9.59 Å². The van der Waals surface area contributed by atoms with Gasteiger partial charge >= 0.3 is 11.9 Å². The second-order valence-electron chi connectivity index (χ2n) is 10.6. The number of rotatable bonds is 10. The minimum Gasteiger partial charge on any atom is -0.464 e. The monoisotopic (exact) mass is 538 g/mol. The molecule has 0 bridgehead atoms. The minimum absolute atomic E-state index is 0.186. The van der Waals surface area contributed by atoms with Crippen LogP contribution in [0.2, 0.25) is 0 Å². The molecule has 1 fully saturated rings. The number of piperazine rings is 1. The lowest BCUT2D eigenvalue weighted by Crippen LogP contribution is -2.48. The first-order valence-corrected chi connectivity index (χ1v) is 14.2. The highest BCUT2D eigenvalue weighted by atomic mass is 16.5. The number of carbonyl (C=O) groups is 2. The normalized spacial score (nSPS) is 16.1. The van der Waals surface area contributed by atoms with Gasteiger partial charge in [-0.25, -0.2) is 0 Å². The van der Waals surface area contributed by atoms with Crippen molar-refractivity contribution in [3.8, 4) is 0 Å². The van der Waals surface area contributed by atoms with Gasteiger partial charge in [0.25, 0.3) is 0 Å². The second kappa shape index (κ2) is 13.1. The van der Waals surface area contributed by atoms with Crippen molar-refractivity contribution >= 4 is 33.5 Å². The van der Waals surface area contributed by atoms with Gasteiger partial charge in [-0.2, -0.15) is 0 Å². The Morgan fingerprint density at radius 2 is 0.975 bits per heavy atom. The van der Waals surface area contributed by atoms with E-state index in [1.165, 1.54) is 0 Å². The largest absolute Gasteiger partial charge is 0.464 e. The molecule has 5 rings (SSSR count). The second-order valence-corrected chi connectivity index (χ2v) is 10.6. The van der Waals surface area contributed by atoms with E-state index < -0.39 is 0 Å². The van der Waals surface area contributed by atoms with E-state index in [1.807, 2.05) is 62.4 Å². The lowest BCUT2D eigenvalue weighted by atomic mass is 9.95. The zero-order valence-electron chi connectivity index (χ0n) is 23.4. The number of hydrogen-bond donors (Lipinski definition) is 0. The van der Waals surface area contributed by atoms with Crippen LogP contribution in [0.25, 0.3) is 21.5 Å². The van der Waals surface area contributed by atoms with Crippen molar-refractivity contribution in [2.75, 3.05) is 52.5 Å². The number of esters is 2. The van der Waals surface area contributed by atoms with Gasteiger partial charge in [0.2, 0.25) is 0 Å². The number of benzene rings is 4. The van der Waals surface area contributed by atoms with Gasteiger partial charge in [-0.15, -0.1) is 0 Å². The molecule has 1 aliphatic rings. The summed E-state index contributed by atoms with van der Waals surface area (Å²) in [7, 11) is 0. The van der Waals surface area contributed by atoms with Crippen molar-refractivity contribution in [2.45, 2.75) is 25.7 Å². The Kier molecular flexibility index (Phi) is 9.09. The van der Waals surface area contributed by atoms with E-state index in [0.717, 1.165) is 71.9 Å². The zero-order chi connectivity index (χ0) is 27.9. The Hall–Kier alpha value is -3.74. The van der Waals surface area contributed by atoms with Gasteiger partial charge in [0.15, 0.2) is 0 Å². The average Bonchev–Trinajstić information content (AvgIpc) is 3.00. The van der Waals surface area contributed by atoms with Crippen molar-refractivity contribution in [2.24, 2.45) is 0 Å². The van der Waals surface area contributed by atoms with Crippen LogP contribution in [0.15, 0.2) is 84.9 Å². The molecule has 0 amide bonds. The highest BCUT2D eigenvalue weighted by Gasteiger charge is 2.22. The van der Waals surface area contributed by atoms with E-state index in [4.69, 9.17) is 9.47 Å². The zero-order valence-corrected chi connectivity index (χ0v) is 23.4. The Balaban J connectivity index is 1.01. The first kappa shape index (κ1) is 27.8. The number of ether oxygens (including phenoxy) is 2. The van der Waals surface area contributed by atoms with Crippen LogP contribution < -0.4 is 0 Å².